The fourth-order valence-electron chi connectivity index (χ4n) is 2.70. The highest BCUT2D eigenvalue weighted by molar-refractivity contribution is 5.90. The van der Waals surface area contributed by atoms with Crippen LogP contribution in [0.5, 0.6) is 0 Å². The third kappa shape index (κ3) is 1.74. The zero-order valence-corrected chi connectivity index (χ0v) is 10.7. The van der Waals surface area contributed by atoms with Gasteiger partial charge in [0.15, 0.2) is 0 Å². The van der Waals surface area contributed by atoms with E-state index >= 15 is 0 Å². The van der Waals surface area contributed by atoms with Crippen molar-refractivity contribution in [3.8, 4) is 11.1 Å². The minimum Gasteiger partial charge on any atom is -0.478 e. The number of aryl methyl sites for hydroxylation is 1. The Labute approximate surface area is 111 Å². The van der Waals surface area contributed by atoms with Crippen LogP contribution in [0.4, 0.5) is 0 Å². The summed E-state index contributed by atoms with van der Waals surface area (Å²) in [5.41, 5.74) is 12.0. The van der Waals surface area contributed by atoms with Crippen LogP contribution in [-0.4, -0.2) is 11.1 Å². The van der Waals surface area contributed by atoms with Crippen LogP contribution in [-0.2, 0) is 6.42 Å². The Morgan fingerprint density at radius 2 is 1.79 bits per heavy atom. The SMILES string of the molecule is CCc1ccc2c(c1)C(N)c1cc(C(=O)O)ccc1-2. The van der Waals surface area contributed by atoms with Gasteiger partial charge in [-0.25, -0.2) is 4.79 Å². The zero-order chi connectivity index (χ0) is 13.6. The number of aromatic carboxylic acids is 1. The predicted molar refractivity (Wildman–Crippen MR) is 74.2 cm³/mol. The Morgan fingerprint density at radius 3 is 2.42 bits per heavy atom. The van der Waals surface area contributed by atoms with E-state index in [0.29, 0.717) is 0 Å². The van der Waals surface area contributed by atoms with Crippen molar-refractivity contribution < 1.29 is 9.90 Å². The lowest BCUT2D eigenvalue weighted by molar-refractivity contribution is 0.0697. The standard InChI is InChI=1S/C16H15NO2/c1-2-9-3-5-11-12-6-4-10(16(18)19)8-14(12)15(17)13(11)7-9/h3-8,15H,2,17H2,1H3,(H,18,19). The van der Waals surface area contributed by atoms with Crippen molar-refractivity contribution in [2.75, 3.05) is 0 Å². The molecule has 0 aromatic heterocycles. The predicted octanol–water partition coefficient (Wildman–Crippen LogP) is 2.98. The quantitative estimate of drug-likeness (QED) is 0.864. The van der Waals surface area contributed by atoms with Crippen molar-refractivity contribution in [3.05, 3.63) is 58.7 Å². The Balaban J connectivity index is 2.18. The molecule has 0 heterocycles. The van der Waals surface area contributed by atoms with E-state index in [1.807, 2.05) is 6.07 Å². The first-order valence-electron chi connectivity index (χ1n) is 6.38. The third-order valence-electron chi connectivity index (χ3n) is 3.78. The third-order valence-corrected chi connectivity index (χ3v) is 3.78. The number of hydrogen-bond donors (Lipinski definition) is 2. The van der Waals surface area contributed by atoms with Crippen LogP contribution in [0.1, 0.15) is 40.0 Å². The van der Waals surface area contributed by atoms with Crippen LogP contribution < -0.4 is 5.73 Å². The Hall–Kier alpha value is -2.13. The van der Waals surface area contributed by atoms with Gasteiger partial charge in [0.25, 0.3) is 0 Å². The molecule has 0 saturated heterocycles. The van der Waals surface area contributed by atoms with Crippen molar-refractivity contribution in [1.29, 1.82) is 0 Å². The van der Waals surface area contributed by atoms with Crippen LogP contribution in [0.25, 0.3) is 11.1 Å². The molecule has 3 N–H and O–H groups in total. The second-order valence-electron chi connectivity index (χ2n) is 4.86. The number of carbonyl (C=O) groups is 1. The fraction of sp³-hybridized carbons (Fsp3) is 0.188. The summed E-state index contributed by atoms with van der Waals surface area (Å²) < 4.78 is 0. The molecule has 0 radical (unpaired) electrons. The van der Waals surface area contributed by atoms with Crippen LogP contribution in [0.2, 0.25) is 0 Å². The van der Waals surface area contributed by atoms with E-state index in [0.717, 1.165) is 28.7 Å². The van der Waals surface area contributed by atoms with Gasteiger partial charge in [0, 0.05) is 0 Å². The van der Waals surface area contributed by atoms with Crippen molar-refractivity contribution >= 4 is 5.97 Å². The average molecular weight is 253 g/mol. The topological polar surface area (TPSA) is 63.3 Å². The molecule has 1 aliphatic carbocycles. The monoisotopic (exact) mass is 253 g/mol. The summed E-state index contributed by atoms with van der Waals surface area (Å²) in [6, 6.07) is 11.3. The number of fused-ring (bicyclic) bond motifs is 3. The maximum absolute atomic E-state index is 11.0. The molecule has 0 saturated carbocycles. The van der Waals surface area contributed by atoms with E-state index in [-0.39, 0.29) is 11.6 Å². The number of carboxylic acid groups (broad SMARTS) is 1. The van der Waals surface area contributed by atoms with Gasteiger partial charge in [0.05, 0.1) is 11.6 Å². The maximum Gasteiger partial charge on any atom is 0.335 e. The molecule has 3 nitrogen and oxygen atoms in total. The highest BCUT2D eigenvalue weighted by atomic mass is 16.4. The average Bonchev–Trinajstić information content (AvgIpc) is 2.71. The summed E-state index contributed by atoms with van der Waals surface area (Å²) in [7, 11) is 0. The normalized spacial score (nSPS) is 16.0. The van der Waals surface area contributed by atoms with Crippen molar-refractivity contribution in [2.45, 2.75) is 19.4 Å². The zero-order valence-electron chi connectivity index (χ0n) is 10.7. The van der Waals surface area contributed by atoms with Gasteiger partial charge in [-0.05, 0) is 46.4 Å². The molecule has 96 valence electrons. The Kier molecular flexibility index (Phi) is 2.64. The highest BCUT2D eigenvalue weighted by Gasteiger charge is 2.26. The molecule has 1 atom stereocenters. The molecular formula is C16H15NO2. The number of carboxylic acids is 1. The number of rotatable bonds is 2. The number of hydrogen-bond acceptors (Lipinski definition) is 2. The number of benzene rings is 2. The lowest BCUT2D eigenvalue weighted by atomic mass is 10.0. The van der Waals surface area contributed by atoms with E-state index in [4.69, 9.17) is 10.8 Å². The summed E-state index contributed by atoms with van der Waals surface area (Å²) in [6.07, 6.45) is 0.969. The van der Waals surface area contributed by atoms with E-state index in [9.17, 15) is 4.79 Å². The van der Waals surface area contributed by atoms with Crippen LogP contribution in [0, 0.1) is 0 Å². The van der Waals surface area contributed by atoms with Crippen molar-refractivity contribution in [3.63, 3.8) is 0 Å². The van der Waals surface area contributed by atoms with Crippen LogP contribution in [0.15, 0.2) is 36.4 Å². The molecular weight excluding hydrogens is 238 g/mol. The molecule has 0 bridgehead atoms. The van der Waals surface area contributed by atoms with Gasteiger partial charge in [-0.2, -0.15) is 0 Å². The summed E-state index contributed by atoms with van der Waals surface area (Å²) in [4.78, 5) is 11.0. The summed E-state index contributed by atoms with van der Waals surface area (Å²) in [5, 5.41) is 9.06. The highest BCUT2D eigenvalue weighted by Crippen LogP contribution is 2.42. The fourth-order valence-corrected chi connectivity index (χ4v) is 2.70. The first kappa shape index (κ1) is 11.9. The Morgan fingerprint density at radius 1 is 1.16 bits per heavy atom. The molecule has 0 amide bonds. The van der Waals surface area contributed by atoms with Gasteiger partial charge in [-0.15, -0.1) is 0 Å². The smallest absolute Gasteiger partial charge is 0.335 e. The lowest BCUT2D eigenvalue weighted by Crippen LogP contribution is -2.09. The molecule has 0 fully saturated rings. The molecule has 2 aromatic carbocycles. The van der Waals surface area contributed by atoms with Crippen LogP contribution in [0.3, 0.4) is 0 Å². The second-order valence-corrected chi connectivity index (χ2v) is 4.86. The number of nitrogens with two attached hydrogens (primary N) is 1. The van der Waals surface area contributed by atoms with Gasteiger partial charge in [-0.3, -0.25) is 0 Å². The van der Waals surface area contributed by atoms with Gasteiger partial charge < -0.3 is 10.8 Å². The molecule has 2 aromatic rings. The minimum atomic E-state index is -0.916. The minimum absolute atomic E-state index is 0.226. The first-order chi connectivity index (χ1) is 9.11. The van der Waals surface area contributed by atoms with E-state index < -0.39 is 5.97 Å². The largest absolute Gasteiger partial charge is 0.478 e. The summed E-state index contributed by atoms with van der Waals surface area (Å²) in [5.74, 6) is -0.916. The molecule has 1 unspecified atom stereocenters. The van der Waals surface area contributed by atoms with Crippen molar-refractivity contribution in [1.82, 2.24) is 0 Å². The Bertz CT molecular complexity index is 676. The van der Waals surface area contributed by atoms with E-state index in [2.05, 4.69) is 25.1 Å². The molecule has 19 heavy (non-hydrogen) atoms. The van der Waals surface area contributed by atoms with Gasteiger partial charge in [0.1, 0.15) is 0 Å². The molecule has 1 aliphatic rings. The van der Waals surface area contributed by atoms with E-state index in [1.165, 1.54) is 5.56 Å². The molecule has 3 rings (SSSR count). The second kappa shape index (κ2) is 4.21. The van der Waals surface area contributed by atoms with Gasteiger partial charge in [0.2, 0.25) is 0 Å². The molecule has 3 heteroatoms. The van der Waals surface area contributed by atoms with Crippen molar-refractivity contribution in [2.24, 2.45) is 5.73 Å². The molecule has 0 aliphatic heterocycles. The van der Waals surface area contributed by atoms with Gasteiger partial charge >= 0.3 is 5.97 Å². The molecule has 0 spiro atoms. The van der Waals surface area contributed by atoms with Gasteiger partial charge in [-0.1, -0.05) is 31.2 Å². The lowest BCUT2D eigenvalue weighted by Gasteiger charge is -2.08. The summed E-state index contributed by atoms with van der Waals surface area (Å²) >= 11 is 0. The van der Waals surface area contributed by atoms with E-state index in [1.54, 1.807) is 12.1 Å². The van der Waals surface area contributed by atoms with Crippen LogP contribution >= 0.6 is 0 Å². The summed E-state index contributed by atoms with van der Waals surface area (Å²) in [6.45, 7) is 2.11. The first-order valence-corrected chi connectivity index (χ1v) is 6.38. The maximum atomic E-state index is 11.0.